The van der Waals surface area contributed by atoms with E-state index in [0.717, 1.165) is 12.8 Å². The van der Waals surface area contributed by atoms with Crippen molar-refractivity contribution in [2.24, 2.45) is 5.16 Å². The quantitative estimate of drug-likeness (QED) is 0.847. The van der Waals surface area contributed by atoms with Crippen molar-refractivity contribution in [3.63, 3.8) is 0 Å². The van der Waals surface area contributed by atoms with E-state index in [2.05, 4.69) is 10.5 Å². The number of nitrogens with zero attached hydrogens (tertiary/aromatic N) is 2. The Morgan fingerprint density at radius 2 is 1.83 bits per heavy atom. The van der Waals surface area contributed by atoms with Gasteiger partial charge in [0.1, 0.15) is 11.5 Å². The van der Waals surface area contributed by atoms with Crippen LogP contribution in [0.1, 0.15) is 19.3 Å². The summed E-state index contributed by atoms with van der Waals surface area (Å²) in [5.74, 6) is 0.288. The first kappa shape index (κ1) is 19.0. The molecule has 1 N–H and O–H groups in total. The zero-order chi connectivity index (χ0) is 20.1. The first-order valence-electron chi connectivity index (χ1n) is 9.71. The van der Waals surface area contributed by atoms with Gasteiger partial charge in [-0.15, -0.1) is 0 Å². The van der Waals surface area contributed by atoms with Gasteiger partial charge in [0.2, 0.25) is 0 Å². The maximum atomic E-state index is 12.6. The summed E-state index contributed by atoms with van der Waals surface area (Å²) < 4.78 is 5.57. The Morgan fingerprint density at radius 3 is 2.59 bits per heavy atom. The molecular weight excluding hydrogens is 370 g/mol. The largest absolute Gasteiger partial charge is 0.484 e. The summed E-state index contributed by atoms with van der Waals surface area (Å²) in [6, 6.07) is 18.5. The average molecular weight is 393 g/mol. The lowest BCUT2D eigenvalue weighted by Crippen LogP contribution is -2.51. The molecule has 7 heteroatoms. The number of amides is 2. The maximum Gasteiger partial charge on any atom is 0.273 e. The number of carbonyl (C=O) groups is 2. The normalized spacial score (nSPS) is 20.7. The molecule has 1 saturated heterocycles. The Labute approximate surface area is 169 Å². The van der Waals surface area contributed by atoms with E-state index in [0.29, 0.717) is 36.7 Å². The monoisotopic (exact) mass is 393 g/mol. The van der Waals surface area contributed by atoms with E-state index >= 15 is 0 Å². The standard InChI is InChI=1S/C22H23N3O4/c26-20(15-28-18-10-5-2-6-11-18)25-13-7-12-22(16-25)14-19(24-29-22)21(27)23-17-8-3-1-4-9-17/h1-6,8-11H,7,12-16H2,(H,23,27). The predicted molar refractivity (Wildman–Crippen MR) is 109 cm³/mol. The predicted octanol–water partition coefficient (Wildman–Crippen LogP) is 2.84. The van der Waals surface area contributed by atoms with Crippen molar-refractivity contribution in [2.75, 3.05) is 25.0 Å². The minimum absolute atomic E-state index is 0.0255. The Kier molecular flexibility index (Phi) is 5.46. The number of rotatable bonds is 5. The third-order valence-corrected chi connectivity index (χ3v) is 5.13. The van der Waals surface area contributed by atoms with Crippen LogP contribution in [-0.2, 0) is 14.4 Å². The van der Waals surface area contributed by atoms with Crippen LogP contribution in [-0.4, -0.2) is 47.7 Å². The number of hydrogen-bond donors (Lipinski definition) is 1. The van der Waals surface area contributed by atoms with Crippen LogP contribution < -0.4 is 10.1 Å². The average Bonchev–Trinajstić information content (AvgIpc) is 3.16. The number of oxime groups is 1. The van der Waals surface area contributed by atoms with Gasteiger partial charge in [-0.3, -0.25) is 9.59 Å². The first-order valence-corrected chi connectivity index (χ1v) is 9.71. The number of nitrogens with one attached hydrogen (secondary N) is 1. The summed E-state index contributed by atoms with van der Waals surface area (Å²) in [6.07, 6.45) is 1.93. The zero-order valence-electron chi connectivity index (χ0n) is 16.0. The molecule has 1 fully saturated rings. The molecule has 2 amide bonds. The van der Waals surface area contributed by atoms with Crippen LogP contribution in [0.25, 0.3) is 0 Å². The van der Waals surface area contributed by atoms with Gasteiger partial charge in [0.25, 0.3) is 11.8 Å². The summed E-state index contributed by atoms with van der Waals surface area (Å²) >= 11 is 0. The fourth-order valence-electron chi connectivity index (χ4n) is 3.65. The molecule has 1 atom stereocenters. The van der Waals surface area contributed by atoms with E-state index in [4.69, 9.17) is 9.57 Å². The fraction of sp³-hybridized carbons (Fsp3) is 0.318. The van der Waals surface area contributed by atoms with Gasteiger partial charge < -0.3 is 19.8 Å². The number of hydrogen-bond acceptors (Lipinski definition) is 5. The highest BCUT2D eigenvalue weighted by molar-refractivity contribution is 6.43. The lowest BCUT2D eigenvalue weighted by molar-refractivity contribution is -0.142. The molecule has 2 heterocycles. The number of benzene rings is 2. The summed E-state index contributed by atoms with van der Waals surface area (Å²) in [4.78, 5) is 32.5. The van der Waals surface area contributed by atoms with Crippen LogP contribution in [0.5, 0.6) is 5.75 Å². The van der Waals surface area contributed by atoms with Crippen molar-refractivity contribution in [3.8, 4) is 5.75 Å². The van der Waals surface area contributed by atoms with E-state index in [-0.39, 0.29) is 18.4 Å². The van der Waals surface area contributed by atoms with Gasteiger partial charge in [0.15, 0.2) is 12.2 Å². The van der Waals surface area contributed by atoms with Crippen molar-refractivity contribution in [3.05, 3.63) is 60.7 Å². The van der Waals surface area contributed by atoms with Crippen LogP contribution in [0.15, 0.2) is 65.8 Å². The van der Waals surface area contributed by atoms with E-state index in [1.165, 1.54) is 0 Å². The molecule has 0 aromatic heterocycles. The van der Waals surface area contributed by atoms with Crippen molar-refractivity contribution < 1.29 is 19.2 Å². The second-order valence-corrected chi connectivity index (χ2v) is 7.33. The zero-order valence-corrected chi connectivity index (χ0v) is 16.0. The summed E-state index contributed by atoms with van der Waals surface area (Å²) in [5.41, 5.74) is 0.424. The number of piperidine rings is 1. The van der Waals surface area contributed by atoms with Crippen molar-refractivity contribution >= 4 is 23.2 Å². The number of anilines is 1. The molecule has 29 heavy (non-hydrogen) atoms. The number of ether oxygens (including phenoxy) is 1. The van der Waals surface area contributed by atoms with E-state index in [1.54, 1.807) is 4.90 Å². The lowest BCUT2D eigenvalue weighted by atomic mass is 9.88. The fourth-order valence-corrected chi connectivity index (χ4v) is 3.65. The maximum absolute atomic E-state index is 12.6. The third kappa shape index (κ3) is 4.56. The van der Waals surface area contributed by atoms with Crippen molar-refractivity contribution in [1.82, 2.24) is 4.90 Å². The van der Waals surface area contributed by atoms with Crippen LogP contribution in [0.4, 0.5) is 5.69 Å². The first-order chi connectivity index (χ1) is 14.1. The molecule has 2 aromatic rings. The second-order valence-electron chi connectivity index (χ2n) is 7.33. The Balaban J connectivity index is 1.32. The number of para-hydroxylation sites is 2. The van der Waals surface area contributed by atoms with Gasteiger partial charge in [0, 0.05) is 18.7 Å². The van der Waals surface area contributed by atoms with Gasteiger partial charge in [0.05, 0.1) is 6.54 Å². The Morgan fingerprint density at radius 1 is 1.10 bits per heavy atom. The molecule has 150 valence electrons. The second kappa shape index (κ2) is 8.34. The van der Waals surface area contributed by atoms with Gasteiger partial charge in [-0.05, 0) is 37.1 Å². The molecular formula is C22H23N3O4. The molecule has 0 saturated carbocycles. The summed E-state index contributed by atoms with van der Waals surface area (Å²) in [6.45, 7) is 1.02. The van der Waals surface area contributed by atoms with Crippen LogP contribution in [0.3, 0.4) is 0 Å². The Bertz CT molecular complexity index is 901. The Hall–Kier alpha value is -3.35. The third-order valence-electron chi connectivity index (χ3n) is 5.13. The topological polar surface area (TPSA) is 80.2 Å². The van der Waals surface area contributed by atoms with Crippen molar-refractivity contribution in [2.45, 2.75) is 24.9 Å². The minimum Gasteiger partial charge on any atom is -0.484 e. The molecule has 2 aromatic carbocycles. The van der Waals surface area contributed by atoms with E-state index < -0.39 is 5.60 Å². The smallest absolute Gasteiger partial charge is 0.273 e. The highest BCUT2D eigenvalue weighted by Gasteiger charge is 2.45. The lowest BCUT2D eigenvalue weighted by Gasteiger charge is -2.38. The summed E-state index contributed by atoms with van der Waals surface area (Å²) in [5, 5.41) is 6.86. The minimum atomic E-state index is -0.635. The molecule has 2 aliphatic heterocycles. The molecule has 0 aliphatic carbocycles. The molecule has 0 bridgehead atoms. The van der Waals surface area contributed by atoms with Gasteiger partial charge >= 0.3 is 0 Å². The number of carbonyl (C=O) groups excluding carboxylic acids is 2. The van der Waals surface area contributed by atoms with Gasteiger partial charge in [-0.1, -0.05) is 41.6 Å². The number of likely N-dealkylation sites (tertiary alicyclic amines) is 1. The van der Waals surface area contributed by atoms with E-state index in [9.17, 15) is 9.59 Å². The van der Waals surface area contributed by atoms with Crippen LogP contribution >= 0.6 is 0 Å². The molecule has 0 radical (unpaired) electrons. The molecule has 2 aliphatic rings. The molecule has 7 nitrogen and oxygen atoms in total. The van der Waals surface area contributed by atoms with Crippen molar-refractivity contribution in [1.29, 1.82) is 0 Å². The van der Waals surface area contributed by atoms with Crippen LogP contribution in [0.2, 0.25) is 0 Å². The highest BCUT2D eigenvalue weighted by atomic mass is 16.7. The van der Waals surface area contributed by atoms with Crippen LogP contribution in [0, 0.1) is 0 Å². The van der Waals surface area contributed by atoms with Gasteiger partial charge in [-0.2, -0.15) is 0 Å². The SMILES string of the molecule is O=C(Nc1ccccc1)C1=NOC2(CCCN(C(=O)COc3ccccc3)C2)C1. The van der Waals surface area contributed by atoms with Gasteiger partial charge in [-0.25, -0.2) is 0 Å². The molecule has 4 rings (SSSR count). The highest BCUT2D eigenvalue weighted by Crippen LogP contribution is 2.33. The summed E-state index contributed by atoms with van der Waals surface area (Å²) in [7, 11) is 0. The molecule has 1 unspecified atom stereocenters. The van der Waals surface area contributed by atoms with E-state index in [1.807, 2.05) is 60.7 Å². The molecule has 1 spiro atoms.